The van der Waals surface area contributed by atoms with Crippen LogP contribution in [-0.2, 0) is 0 Å². The van der Waals surface area contributed by atoms with Crippen molar-refractivity contribution in [1.29, 1.82) is 0 Å². The molecule has 1 aliphatic carbocycles. The molecule has 104 valence electrons. The number of nitrogens with one attached hydrogen (secondary N) is 2. The van der Waals surface area contributed by atoms with Gasteiger partial charge in [0.2, 0.25) is 0 Å². The molecule has 0 aliphatic heterocycles. The van der Waals surface area contributed by atoms with Crippen LogP contribution < -0.4 is 20.1 Å². The zero-order valence-corrected chi connectivity index (χ0v) is 10.3. The number of ether oxygens (including phenoxy) is 2. The minimum absolute atomic E-state index is 0.123. The van der Waals surface area contributed by atoms with Crippen molar-refractivity contribution in [1.82, 2.24) is 5.32 Å². The smallest absolute Gasteiger partial charge is 0.387 e. The van der Waals surface area contributed by atoms with Gasteiger partial charge in [-0.15, -0.1) is 0 Å². The number of urea groups is 1. The minimum atomic E-state index is -2.95. The van der Waals surface area contributed by atoms with Gasteiger partial charge in [-0.1, -0.05) is 0 Å². The van der Waals surface area contributed by atoms with Crippen molar-refractivity contribution in [3.8, 4) is 11.5 Å². The molecule has 0 bridgehead atoms. The van der Waals surface area contributed by atoms with Gasteiger partial charge in [-0.05, 0) is 25.0 Å². The molecule has 5 nitrogen and oxygen atoms in total. The summed E-state index contributed by atoms with van der Waals surface area (Å²) in [5, 5.41) is 5.27. The van der Waals surface area contributed by atoms with Crippen molar-refractivity contribution in [2.45, 2.75) is 25.5 Å². The van der Waals surface area contributed by atoms with E-state index in [1.807, 2.05) is 0 Å². The lowest BCUT2D eigenvalue weighted by Gasteiger charge is -2.12. The van der Waals surface area contributed by atoms with Crippen LogP contribution in [0, 0.1) is 0 Å². The van der Waals surface area contributed by atoms with E-state index in [1.54, 1.807) is 6.07 Å². The molecule has 7 heteroatoms. The van der Waals surface area contributed by atoms with Crippen LogP contribution in [0.1, 0.15) is 12.8 Å². The molecule has 0 atom stereocenters. The van der Waals surface area contributed by atoms with E-state index in [1.165, 1.54) is 19.2 Å². The monoisotopic (exact) mass is 272 g/mol. The van der Waals surface area contributed by atoms with Gasteiger partial charge < -0.3 is 20.1 Å². The number of anilines is 1. The van der Waals surface area contributed by atoms with Gasteiger partial charge in [-0.3, -0.25) is 0 Å². The van der Waals surface area contributed by atoms with Crippen molar-refractivity contribution < 1.29 is 23.0 Å². The molecule has 19 heavy (non-hydrogen) atoms. The number of alkyl halides is 2. The van der Waals surface area contributed by atoms with Crippen molar-refractivity contribution in [2.24, 2.45) is 0 Å². The third-order valence-electron chi connectivity index (χ3n) is 2.55. The molecule has 2 rings (SSSR count). The Kier molecular flexibility index (Phi) is 4.03. The molecular weight excluding hydrogens is 258 g/mol. The zero-order valence-electron chi connectivity index (χ0n) is 10.3. The summed E-state index contributed by atoms with van der Waals surface area (Å²) in [6.45, 7) is -2.95. The largest absolute Gasteiger partial charge is 0.493 e. The second kappa shape index (κ2) is 5.73. The van der Waals surface area contributed by atoms with Crippen LogP contribution in [0.25, 0.3) is 0 Å². The first-order chi connectivity index (χ1) is 9.08. The first-order valence-corrected chi connectivity index (χ1v) is 5.79. The number of carbonyl (C=O) groups excluding carboxylic acids is 1. The number of benzene rings is 1. The van der Waals surface area contributed by atoms with E-state index >= 15 is 0 Å². The third kappa shape index (κ3) is 3.97. The highest BCUT2D eigenvalue weighted by molar-refractivity contribution is 5.90. The van der Waals surface area contributed by atoms with Gasteiger partial charge in [0.1, 0.15) is 0 Å². The number of methoxy groups -OCH3 is 1. The fourth-order valence-corrected chi connectivity index (χ4v) is 1.52. The lowest BCUT2D eigenvalue weighted by Crippen LogP contribution is -2.30. The molecule has 2 N–H and O–H groups in total. The topological polar surface area (TPSA) is 59.6 Å². The summed E-state index contributed by atoms with van der Waals surface area (Å²) < 4.78 is 33.7. The summed E-state index contributed by atoms with van der Waals surface area (Å²) in [6.07, 6.45) is 1.94. The molecule has 0 spiro atoms. The SMILES string of the molecule is COc1ccc(NC(=O)NC2CC2)cc1OC(F)F. The summed E-state index contributed by atoms with van der Waals surface area (Å²) in [5.41, 5.74) is 0.356. The Hall–Kier alpha value is -2.05. The average Bonchev–Trinajstić information content (AvgIpc) is 3.12. The molecule has 0 saturated heterocycles. The van der Waals surface area contributed by atoms with E-state index in [4.69, 9.17) is 4.74 Å². The van der Waals surface area contributed by atoms with E-state index in [0.717, 1.165) is 12.8 Å². The third-order valence-corrected chi connectivity index (χ3v) is 2.55. The van der Waals surface area contributed by atoms with Crippen LogP contribution >= 0.6 is 0 Å². The molecule has 0 heterocycles. The summed E-state index contributed by atoms with van der Waals surface area (Å²) >= 11 is 0. The predicted molar refractivity (Wildman–Crippen MR) is 64.8 cm³/mol. The number of amides is 2. The summed E-state index contributed by atoms with van der Waals surface area (Å²) in [4.78, 5) is 11.5. The Balaban J connectivity index is 2.05. The van der Waals surface area contributed by atoms with Crippen molar-refractivity contribution >= 4 is 11.7 Å². The highest BCUT2D eigenvalue weighted by Crippen LogP contribution is 2.31. The maximum atomic E-state index is 12.2. The number of halogens is 2. The molecule has 2 amide bonds. The fraction of sp³-hybridized carbons (Fsp3) is 0.417. The molecule has 1 aromatic carbocycles. The standard InChI is InChI=1S/C12H14F2N2O3/c1-18-9-5-4-8(6-10(9)19-11(13)14)16-12(17)15-7-2-3-7/h4-7,11H,2-3H2,1H3,(H2,15,16,17). The van der Waals surface area contributed by atoms with Gasteiger partial charge in [0.05, 0.1) is 7.11 Å². The highest BCUT2D eigenvalue weighted by atomic mass is 19.3. The van der Waals surface area contributed by atoms with E-state index in [2.05, 4.69) is 15.4 Å². The van der Waals surface area contributed by atoms with E-state index < -0.39 is 6.61 Å². The Morgan fingerprint density at radius 1 is 1.37 bits per heavy atom. The minimum Gasteiger partial charge on any atom is -0.493 e. The summed E-state index contributed by atoms with van der Waals surface area (Å²) in [5.74, 6) is 0.0511. The lowest BCUT2D eigenvalue weighted by atomic mass is 10.3. The van der Waals surface area contributed by atoms with E-state index in [0.29, 0.717) is 5.69 Å². The molecule has 1 saturated carbocycles. The predicted octanol–water partition coefficient (Wildman–Crippen LogP) is 2.58. The maximum absolute atomic E-state index is 12.2. The van der Waals surface area contributed by atoms with Gasteiger partial charge in [0, 0.05) is 17.8 Å². The quantitative estimate of drug-likeness (QED) is 0.866. The van der Waals surface area contributed by atoms with Gasteiger partial charge in [0.25, 0.3) is 0 Å². The van der Waals surface area contributed by atoms with E-state index in [-0.39, 0.29) is 23.6 Å². The molecule has 1 aromatic rings. The first kappa shape index (κ1) is 13.4. The van der Waals surface area contributed by atoms with Crippen LogP contribution in [-0.4, -0.2) is 25.8 Å². The van der Waals surface area contributed by atoms with Gasteiger partial charge >= 0.3 is 12.6 Å². The molecule has 1 fully saturated rings. The van der Waals surface area contributed by atoms with Crippen molar-refractivity contribution in [2.75, 3.05) is 12.4 Å². The molecule has 0 unspecified atom stereocenters. The summed E-state index contributed by atoms with van der Waals surface area (Å²) in [7, 11) is 1.35. The molecular formula is C12H14F2N2O3. The Morgan fingerprint density at radius 2 is 2.11 bits per heavy atom. The number of rotatable bonds is 5. The maximum Gasteiger partial charge on any atom is 0.387 e. The second-order valence-corrected chi connectivity index (χ2v) is 4.12. The Bertz CT molecular complexity index is 464. The van der Waals surface area contributed by atoms with Crippen molar-refractivity contribution in [3.63, 3.8) is 0 Å². The van der Waals surface area contributed by atoms with Crippen LogP contribution in [0.5, 0.6) is 11.5 Å². The highest BCUT2D eigenvalue weighted by Gasteiger charge is 2.23. The Morgan fingerprint density at radius 3 is 2.68 bits per heavy atom. The average molecular weight is 272 g/mol. The van der Waals surface area contributed by atoms with Gasteiger partial charge in [-0.2, -0.15) is 8.78 Å². The summed E-state index contributed by atoms with van der Waals surface area (Å²) in [6, 6.07) is 4.14. The number of carbonyl (C=O) groups is 1. The zero-order chi connectivity index (χ0) is 13.8. The second-order valence-electron chi connectivity index (χ2n) is 4.12. The Labute approximate surface area is 108 Å². The first-order valence-electron chi connectivity index (χ1n) is 5.79. The number of hydrogen-bond acceptors (Lipinski definition) is 3. The fourth-order valence-electron chi connectivity index (χ4n) is 1.52. The van der Waals surface area contributed by atoms with E-state index in [9.17, 15) is 13.6 Å². The van der Waals surface area contributed by atoms with Gasteiger partial charge in [0.15, 0.2) is 11.5 Å². The number of hydrogen-bond donors (Lipinski definition) is 2. The molecule has 0 aromatic heterocycles. The van der Waals surface area contributed by atoms with Crippen LogP contribution in [0.2, 0.25) is 0 Å². The van der Waals surface area contributed by atoms with Crippen molar-refractivity contribution in [3.05, 3.63) is 18.2 Å². The van der Waals surface area contributed by atoms with Gasteiger partial charge in [-0.25, -0.2) is 4.79 Å². The van der Waals surface area contributed by atoms with Crippen LogP contribution in [0.15, 0.2) is 18.2 Å². The van der Waals surface area contributed by atoms with Crippen LogP contribution in [0.3, 0.4) is 0 Å². The molecule has 1 aliphatic rings. The lowest BCUT2D eigenvalue weighted by molar-refractivity contribution is -0.0511. The van der Waals surface area contributed by atoms with Crippen LogP contribution in [0.4, 0.5) is 19.3 Å². The normalized spacial score (nSPS) is 14.1. The molecule has 0 radical (unpaired) electrons.